The Morgan fingerprint density at radius 3 is 2.94 bits per heavy atom. The average molecular weight is 316 g/mol. The summed E-state index contributed by atoms with van der Waals surface area (Å²) in [6.45, 7) is 6.27. The largest absolute Gasteiger partial charge is 0.459 e. The molecule has 4 nitrogen and oxygen atoms in total. The van der Waals surface area contributed by atoms with E-state index in [4.69, 9.17) is 9.15 Å². The van der Waals surface area contributed by atoms with Crippen molar-refractivity contribution in [2.75, 3.05) is 0 Å². The summed E-state index contributed by atoms with van der Waals surface area (Å²) in [6, 6.07) is 1.69. The summed E-state index contributed by atoms with van der Waals surface area (Å²) < 4.78 is 11.7. The van der Waals surface area contributed by atoms with Crippen molar-refractivity contribution in [1.29, 1.82) is 0 Å². The number of nitrogens with one attached hydrogen (secondary N) is 1. The van der Waals surface area contributed by atoms with Crippen LogP contribution in [0.5, 0.6) is 0 Å². The fraction of sp³-hybridized carbons (Fsp3) is 0.615. The molecule has 0 radical (unpaired) electrons. The maximum Gasteiger partial charge on any atom is 0.323 e. The van der Waals surface area contributed by atoms with Gasteiger partial charge in [-0.1, -0.05) is 0 Å². The van der Waals surface area contributed by atoms with E-state index in [0.29, 0.717) is 13.0 Å². The van der Waals surface area contributed by atoms with Gasteiger partial charge in [0.1, 0.15) is 17.4 Å². The molecule has 18 heavy (non-hydrogen) atoms. The van der Waals surface area contributed by atoms with Crippen LogP contribution >= 0.6 is 15.9 Å². The molecule has 1 aliphatic heterocycles. The highest BCUT2D eigenvalue weighted by Gasteiger charge is 2.28. The number of ether oxygens (including phenoxy) is 1. The van der Waals surface area contributed by atoms with Crippen molar-refractivity contribution >= 4 is 21.9 Å². The standard InChI is InChI=1S/C13H18BrNO3/c1-13(2,3)18-12(16)9-4-5-10-8(7-15-9)6-11(14)17-10/h6,9,15H,4-5,7H2,1-3H3. The van der Waals surface area contributed by atoms with Crippen LogP contribution in [0.25, 0.3) is 0 Å². The third kappa shape index (κ3) is 3.36. The predicted molar refractivity (Wildman–Crippen MR) is 71.2 cm³/mol. The first-order valence-corrected chi connectivity index (χ1v) is 6.88. The Balaban J connectivity index is 2.00. The van der Waals surface area contributed by atoms with E-state index in [2.05, 4.69) is 21.2 Å². The number of halogens is 1. The van der Waals surface area contributed by atoms with E-state index in [9.17, 15) is 4.79 Å². The second-order valence-electron chi connectivity index (χ2n) is 5.50. The third-order valence-electron chi connectivity index (χ3n) is 2.76. The highest BCUT2D eigenvalue weighted by atomic mass is 79.9. The number of esters is 1. The minimum absolute atomic E-state index is 0.188. The van der Waals surface area contributed by atoms with Gasteiger partial charge >= 0.3 is 5.97 Å². The summed E-state index contributed by atoms with van der Waals surface area (Å²) in [5.41, 5.74) is 0.661. The van der Waals surface area contributed by atoms with Gasteiger partial charge in [0.2, 0.25) is 0 Å². The van der Waals surface area contributed by atoms with E-state index in [1.807, 2.05) is 26.8 Å². The minimum atomic E-state index is -0.444. The molecule has 0 saturated carbocycles. The molecule has 1 aliphatic rings. The van der Waals surface area contributed by atoms with E-state index >= 15 is 0 Å². The number of aryl methyl sites for hydroxylation is 1. The van der Waals surface area contributed by atoms with Gasteiger partial charge in [-0.2, -0.15) is 0 Å². The first kappa shape index (κ1) is 13.6. The molecule has 0 saturated heterocycles. The van der Waals surface area contributed by atoms with E-state index in [1.165, 1.54) is 0 Å². The summed E-state index contributed by atoms with van der Waals surface area (Å²) in [7, 11) is 0. The summed E-state index contributed by atoms with van der Waals surface area (Å²) in [4.78, 5) is 12.0. The second kappa shape index (κ2) is 5.05. The van der Waals surface area contributed by atoms with Crippen molar-refractivity contribution in [3.8, 4) is 0 Å². The molecule has 100 valence electrons. The van der Waals surface area contributed by atoms with Crippen LogP contribution in [0, 0.1) is 0 Å². The molecular weight excluding hydrogens is 298 g/mol. The zero-order valence-corrected chi connectivity index (χ0v) is 12.5. The molecule has 0 amide bonds. The van der Waals surface area contributed by atoms with Gasteiger partial charge in [0.25, 0.3) is 0 Å². The Bertz CT molecular complexity index is 422. The monoisotopic (exact) mass is 315 g/mol. The smallest absolute Gasteiger partial charge is 0.323 e. The van der Waals surface area contributed by atoms with Crippen LogP contribution in [-0.4, -0.2) is 17.6 Å². The SMILES string of the molecule is CC(C)(C)OC(=O)C1CCc2oc(Br)cc2CN1. The fourth-order valence-electron chi connectivity index (χ4n) is 1.98. The molecule has 1 aromatic rings. The van der Waals surface area contributed by atoms with Crippen LogP contribution in [0.4, 0.5) is 0 Å². The Hall–Kier alpha value is -0.810. The number of carbonyl (C=O) groups is 1. The lowest BCUT2D eigenvalue weighted by molar-refractivity contribution is -0.157. The second-order valence-corrected chi connectivity index (χ2v) is 6.29. The molecule has 0 aliphatic carbocycles. The Morgan fingerprint density at radius 2 is 2.28 bits per heavy atom. The first-order chi connectivity index (χ1) is 8.35. The number of furan rings is 1. The zero-order valence-electron chi connectivity index (χ0n) is 10.9. The fourth-order valence-corrected chi connectivity index (χ4v) is 2.45. The number of fused-ring (bicyclic) bond motifs is 1. The van der Waals surface area contributed by atoms with Crippen molar-refractivity contribution in [1.82, 2.24) is 5.32 Å². The summed E-state index contributed by atoms with van der Waals surface area (Å²) >= 11 is 3.32. The van der Waals surface area contributed by atoms with E-state index < -0.39 is 5.60 Å². The minimum Gasteiger partial charge on any atom is -0.459 e. The number of hydrogen-bond acceptors (Lipinski definition) is 4. The molecular formula is C13H18BrNO3. The molecule has 5 heteroatoms. The molecule has 1 unspecified atom stereocenters. The van der Waals surface area contributed by atoms with E-state index in [1.54, 1.807) is 0 Å². The Kier molecular flexibility index (Phi) is 3.82. The summed E-state index contributed by atoms with van der Waals surface area (Å²) in [5, 5.41) is 3.22. The van der Waals surface area contributed by atoms with Gasteiger partial charge in [-0.15, -0.1) is 0 Å². The van der Waals surface area contributed by atoms with Crippen molar-refractivity contribution < 1.29 is 13.9 Å². The quantitative estimate of drug-likeness (QED) is 0.810. The van der Waals surface area contributed by atoms with Gasteiger partial charge in [-0.3, -0.25) is 4.79 Å². The lowest BCUT2D eigenvalue weighted by Crippen LogP contribution is -2.40. The molecule has 1 aromatic heterocycles. The topological polar surface area (TPSA) is 51.5 Å². The van der Waals surface area contributed by atoms with Gasteiger partial charge in [-0.05, 0) is 49.2 Å². The van der Waals surface area contributed by atoms with Crippen molar-refractivity contribution in [2.45, 2.75) is 51.8 Å². The molecule has 0 fully saturated rings. The van der Waals surface area contributed by atoms with Crippen LogP contribution in [-0.2, 0) is 22.5 Å². The Morgan fingerprint density at radius 1 is 1.56 bits per heavy atom. The van der Waals surface area contributed by atoms with Gasteiger partial charge in [-0.25, -0.2) is 0 Å². The maximum atomic E-state index is 12.0. The molecule has 0 bridgehead atoms. The molecule has 2 heterocycles. The predicted octanol–water partition coefficient (Wildman–Crippen LogP) is 2.79. The Labute approximate surface area is 115 Å². The molecule has 0 spiro atoms. The van der Waals surface area contributed by atoms with Crippen LogP contribution in [0.2, 0.25) is 0 Å². The average Bonchev–Trinajstić information content (AvgIpc) is 2.45. The van der Waals surface area contributed by atoms with Crippen LogP contribution in [0.3, 0.4) is 0 Å². The highest BCUT2D eigenvalue weighted by Crippen LogP contribution is 2.25. The van der Waals surface area contributed by atoms with Crippen LogP contribution in [0.15, 0.2) is 15.2 Å². The lowest BCUT2D eigenvalue weighted by atomic mass is 10.1. The molecule has 1 N–H and O–H groups in total. The van der Waals surface area contributed by atoms with Gasteiger partial charge in [0, 0.05) is 18.5 Å². The first-order valence-electron chi connectivity index (χ1n) is 6.08. The van der Waals surface area contributed by atoms with Gasteiger partial charge < -0.3 is 14.5 Å². The maximum absolute atomic E-state index is 12.0. The van der Waals surface area contributed by atoms with Crippen LogP contribution < -0.4 is 5.32 Å². The van der Waals surface area contributed by atoms with Crippen molar-refractivity contribution in [3.63, 3.8) is 0 Å². The molecule has 2 rings (SSSR count). The summed E-state index contributed by atoms with van der Waals surface area (Å²) in [6.07, 6.45) is 1.44. The zero-order chi connectivity index (χ0) is 13.3. The van der Waals surface area contributed by atoms with Crippen LogP contribution in [0.1, 0.15) is 38.5 Å². The third-order valence-corrected chi connectivity index (χ3v) is 3.15. The molecule has 1 atom stereocenters. The van der Waals surface area contributed by atoms with Crippen molar-refractivity contribution in [3.05, 3.63) is 22.1 Å². The number of hydrogen-bond donors (Lipinski definition) is 1. The van der Waals surface area contributed by atoms with Gasteiger partial charge in [0.05, 0.1) is 0 Å². The van der Waals surface area contributed by atoms with E-state index in [-0.39, 0.29) is 12.0 Å². The highest BCUT2D eigenvalue weighted by molar-refractivity contribution is 9.10. The summed E-state index contributed by atoms with van der Waals surface area (Å²) in [5.74, 6) is 0.757. The van der Waals surface area contributed by atoms with Gasteiger partial charge in [0.15, 0.2) is 4.67 Å². The van der Waals surface area contributed by atoms with Crippen molar-refractivity contribution in [2.24, 2.45) is 0 Å². The van der Waals surface area contributed by atoms with E-state index in [0.717, 1.165) is 22.4 Å². The number of rotatable bonds is 1. The lowest BCUT2D eigenvalue weighted by Gasteiger charge is -2.23. The molecule has 0 aromatic carbocycles. The number of carbonyl (C=O) groups excluding carboxylic acids is 1. The normalized spacial score (nSPS) is 20.1.